The molecule has 1 saturated heterocycles. The van der Waals surface area contributed by atoms with Crippen LogP contribution >= 0.6 is 0 Å². The standard InChI is InChI=1S/C16H21N3O4/c1-10(2)17-16(23)18-12-7-5-11(6-8-12)14(20)19-9-3-4-13(19)15(21)22/h5-8,10,13H,3-4,9H2,1-2H3,(H,21,22)(H2,17,18,23). The molecule has 1 aliphatic rings. The van der Waals surface area contributed by atoms with Crippen molar-refractivity contribution in [3.05, 3.63) is 29.8 Å². The Hall–Kier alpha value is -2.57. The van der Waals surface area contributed by atoms with E-state index < -0.39 is 12.0 Å². The molecule has 1 unspecified atom stereocenters. The average Bonchev–Trinajstić information content (AvgIpc) is 2.96. The number of carbonyl (C=O) groups is 3. The quantitative estimate of drug-likeness (QED) is 0.789. The summed E-state index contributed by atoms with van der Waals surface area (Å²) in [6.45, 7) is 4.17. The van der Waals surface area contributed by atoms with E-state index in [1.807, 2.05) is 13.8 Å². The molecule has 1 fully saturated rings. The van der Waals surface area contributed by atoms with Crippen molar-refractivity contribution in [2.75, 3.05) is 11.9 Å². The van der Waals surface area contributed by atoms with Gasteiger partial charge in [0.1, 0.15) is 6.04 Å². The van der Waals surface area contributed by atoms with Gasteiger partial charge in [0.15, 0.2) is 0 Å². The van der Waals surface area contributed by atoms with E-state index in [9.17, 15) is 14.4 Å². The number of likely N-dealkylation sites (tertiary alicyclic amines) is 1. The van der Waals surface area contributed by atoms with Crippen LogP contribution in [0.4, 0.5) is 10.5 Å². The van der Waals surface area contributed by atoms with E-state index in [0.717, 1.165) is 0 Å². The van der Waals surface area contributed by atoms with Crippen molar-refractivity contribution in [1.29, 1.82) is 0 Å². The largest absolute Gasteiger partial charge is 0.480 e. The maximum Gasteiger partial charge on any atom is 0.326 e. The third-order valence-corrected chi connectivity index (χ3v) is 3.61. The molecule has 0 spiro atoms. The molecule has 3 amide bonds. The number of urea groups is 1. The van der Waals surface area contributed by atoms with Crippen LogP contribution < -0.4 is 10.6 Å². The lowest BCUT2D eigenvalue weighted by molar-refractivity contribution is -0.141. The van der Waals surface area contributed by atoms with Gasteiger partial charge in [-0.05, 0) is 51.0 Å². The van der Waals surface area contributed by atoms with E-state index in [1.165, 1.54) is 4.90 Å². The maximum atomic E-state index is 12.4. The zero-order valence-corrected chi connectivity index (χ0v) is 13.2. The maximum absolute atomic E-state index is 12.4. The third-order valence-electron chi connectivity index (χ3n) is 3.61. The second-order valence-corrected chi connectivity index (χ2v) is 5.83. The first-order valence-electron chi connectivity index (χ1n) is 7.60. The van der Waals surface area contributed by atoms with Crippen LogP contribution in [0.15, 0.2) is 24.3 Å². The molecule has 0 aromatic heterocycles. The van der Waals surface area contributed by atoms with Gasteiger partial charge in [-0.3, -0.25) is 4.79 Å². The van der Waals surface area contributed by atoms with E-state index in [2.05, 4.69) is 10.6 Å². The van der Waals surface area contributed by atoms with Gasteiger partial charge in [0.25, 0.3) is 5.91 Å². The highest BCUT2D eigenvalue weighted by Gasteiger charge is 2.34. The lowest BCUT2D eigenvalue weighted by Crippen LogP contribution is -2.40. The van der Waals surface area contributed by atoms with Gasteiger partial charge in [0, 0.05) is 23.8 Å². The fourth-order valence-corrected chi connectivity index (χ4v) is 2.56. The Morgan fingerprint density at radius 1 is 1.22 bits per heavy atom. The Balaban J connectivity index is 2.03. The lowest BCUT2D eigenvalue weighted by atomic mass is 10.1. The summed E-state index contributed by atoms with van der Waals surface area (Å²) in [5, 5.41) is 14.5. The Morgan fingerprint density at radius 3 is 2.43 bits per heavy atom. The minimum Gasteiger partial charge on any atom is -0.480 e. The monoisotopic (exact) mass is 319 g/mol. The first kappa shape index (κ1) is 16.8. The van der Waals surface area contributed by atoms with E-state index >= 15 is 0 Å². The Bertz CT molecular complexity index is 598. The van der Waals surface area contributed by atoms with Crippen molar-refractivity contribution < 1.29 is 19.5 Å². The predicted octanol–water partition coefficient (Wildman–Crippen LogP) is 1.91. The number of anilines is 1. The summed E-state index contributed by atoms with van der Waals surface area (Å²) in [4.78, 5) is 36.6. The average molecular weight is 319 g/mol. The molecule has 124 valence electrons. The van der Waals surface area contributed by atoms with Crippen LogP contribution in [0, 0.1) is 0 Å². The number of carboxylic acids is 1. The molecule has 1 heterocycles. The fourth-order valence-electron chi connectivity index (χ4n) is 2.56. The van der Waals surface area contributed by atoms with Gasteiger partial charge in [0.05, 0.1) is 0 Å². The molecule has 0 saturated carbocycles. The molecule has 0 aliphatic carbocycles. The van der Waals surface area contributed by atoms with E-state index in [1.54, 1.807) is 24.3 Å². The third kappa shape index (κ3) is 4.21. The summed E-state index contributed by atoms with van der Waals surface area (Å²) in [5.74, 6) is -1.27. The van der Waals surface area contributed by atoms with Gasteiger partial charge in [-0.1, -0.05) is 0 Å². The summed E-state index contributed by atoms with van der Waals surface area (Å²) in [6, 6.07) is 5.38. The molecule has 1 aromatic carbocycles. The van der Waals surface area contributed by atoms with Gasteiger partial charge >= 0.3 is 12.0 Å². The Labute approximate surface area is 134 Å². The number of hydrogen-bond acceptors (Lipinski definition) is 3. The van der Waals surface area contributed by atoms with Gasteiger partial charge in [-0.25, -0.2) is 9.59 Å². The normalized spacial score (nSPS) is 17.2. The van der Waals surface area contributed by atoms with Crippen molar-refractivity contribution in [3.63, 3.8) is 0 Å². The SMILES string of the molecule is CC(C)NC(=O)Nc1ccc(C(=O)N2CCCC2C(=O)O)cc1. The number of rotatable bonds is 4. The summed E-state index contributed by atoms with van der Waals surface area (Å²) in [7, 11) is 0. The van der Waals surface area contributed by atoms with Crippen LogP contribution in [-0.4, -0.2) is 46.5 Å². The van der Waals surface area contributed by atoms with Gasteiger partial charge in [-0.2, -0.15) is 0 Å². The molecule has 2 rings (SSSR count). The van der Waals surface area contributed by atoms with Crippen LogP contribution in [-0.2, 0) is 4.79 Å². The zero-order chi connectivity index (χ0) is 17.0. The topological polar surface area (TPSA) is 98.7 Å². The Kier molecular flexibility index (Phi) is 5.20. The number of benzene rings is 1. The van der Waals surface area contributed by atoms with Gasteiger partial charge in [-0.15, -0.1) is 0 Å². The summed E-state index contributed by atoms with van der Waals surface area (Å²) in [6.07, 6.45) is 1.17. The highest BCUT2D eigenvalue weighted by molar-refractivity contribution is 5.97. The molecule has 0 bridgehead atoms. The van der Waals surface area contributed by atoms with E-state index in [-0.39, 0.29) is 18.0 Å². The van der Waals surface area contributed by atoms with Crippen LogP contribution in [0.5, 0.6) is 0 Å². The number of aliphatic carboxylic acids is 1. The van der Waals surface area contributed by atoms with E-state index in [0.29, 0.717) is 30.6 Å². The number of amides is 3. The molecule has 7 heteroatoms. The zero-order valence-electron chi connectivity index (χ0n) is 13.2. The van der Waals surface area contributed by atoms with E-state index in [4.69, 9.17) is 5.11 Å². The Morgan fingerprint density at radius 2 is 1.87 bits per heavy atom. The van der Waals surface area contributed by atoms with Crippen LogP contribution in [0.3, 0.4) is 0 Å². The second-order valence-electron chi connectivity index (χ2n) is 5.83. The molecule has 0 radical (unpaired) electrons. The summed E-state index contributed by atoms with van der Waals surface area (Å²) in [5.41, 5.74) is 0.976. The van der Waals surface area contributed by atoms with Gasteiger partial charge in [0.2, 0.25) is 0 Å². The molecule has 1 aliphatic heterocycles. The summed E-state index contributed by atoms with van der Waals surface area (Å²) >= 11 is 0. The van der Waals surface area contributed by atoms with Crippen molar-refractivity contribution in [2.45, 2.75) is 38.8 Å². The minimum absolute atomic E-state index is 0.0268. The molecule has 1 aromatic rings. The highest BCUT2D eigenvalue weighted by atomic mass is 16.4. The van der Waals surface area contributed by atoms with Gasteiger partial charge < -0.3 is 20.6 Å². The van der Waals surface area contributed by atoms with Crippen molar-refractivity contribution in [3.8, 4) is 0 Å². The van der Waals surface area contributed by atoms with Crippen LogP contribution in [0.2, 0.25) is 0 Å². The molecular formula is C16H21N3O4. The number of carboxylic acid groups (broad SMARTS) is 1. The minimum atomic E-state index is -0.973. The van der Waals surface area contributed by atoms with Crippen molar-refractivity contribution >= 4 is 23.6 Å². The van der Waals surface area contributed by atoms with Crippen LogP contribution in [0.1, 0.15) is 37.0 Å². The number of nitrogens with one attached hydrogen (secondary N) is 2. The molecule has 3 N–H and O–H groups in total. The smallest absolute Gasteiger partial charge is 0.326 e. The lowest BCUT2D eigenvalue weighted by Gasteiger charge is -2.21. The van der Waals surface area contributed by atoms with Crippen LogP contribution in [0.25, 0.3) is 0 Å². The predicted molar refractivity (Wildman–Crippen MR) is 85.4 cm³/mol. The second kappa shape index (κ2) is 7.13. The summed E-state index contributed by atoms with van der Waals surface area (Å²) < 4.78 is 0. The number of hydrogen-bond donors (Lipinski definition) is 3. The number of nitrogens with zero attached hydrogens (tertiary/aromatic N) is 1. The van der Waals surface area contributed by atoms with Crippen molar-refractivity contribution in [1.82, 2.24) is 10.2 Å². The molecule has 23 heavy (non-hydrogen) atoms. The highest BCUT2D eigenvalue weighted by Crippen LogP contribution is 2.21. The molecule has 7 nitrogen and oxygen atoms in total. The first-order valence-corrected chi connectivity index (χ1v) is 7.60. The molecule has 1 atom stereocenters. The van der Waals surface area contributed by atoms with Crippen molar-refractivity contribution in [2.24, 2.45) is 0 Å². The fraction of sp³-hybridized carbons (Fsp3) is 0.438. The first-order chi connectivity index (χ1) is 10.9. The number of carbonyl (C=O) groups excluding carboxylic acids is 2. The molecular weight excluding hydrogens is 298 g/mol.